The number of methoxy groups -OCH3 is 1. The fraction of sp³-hybridized carbons (Fsp3) is 0.0667. The summed E-state index contributed by atoms with van der Waals surface area (Å²) in [6.45, 7) is 0. The second-order valence-electron chi connectivity index (χ2n) is 4.07. The van der Waals surface area contributed by atoms with Crippen molar-refractivity contribution in [2.45, 2.75) is 0 Å². The van der Waals surface area contributed by atoms with E-state index in [2.05, 4.69) is 33.1 Å². The van der Waals surface area contributed by atoms with E-state index in [0.717, 1.165) is 9.13 Å². The zero-order chi connectivity index (χ0) is 15.2. The van der Waals surface area contributed by atoms with Crippen LogP contribution in [0.3, 0.4) is 0 Å². The summed E-state index contributed by atoms with van der Waals surface area (Å²) in [5.74, 6) is 0.0675. The number of ether oxygens (including phenoxy) is 1. The monoisotopic (exact) mass is 414 g/mol. The van der Waals surface area contributed by atoms with Crippen LogP contribution in [0.1, 0.15) is 15.9 Å². The zero-order valence-electron chi connectivity index (χ0n) is 11.1. The molecule has 0 aliphatic rings. The third kappa shape index (κ3) is 4.18. The fourth-order valence-corrected chi connectivity index (χ4v) is 2.36. The molecule has 0 atom stereocenters. The van der Waals surface area contributed by atoms with E-state index < -0.39 is 0 Å². The molecule has 0 saturated heterocycles. The van der Waals surface area contributed by atoms with Crippen molar-refractivity contribution >= 4 is 46.3 Å². The predicted octanol–water partition coefficient (Wildman–Crippen LogP) is 3.72. The van der Waals surface area contributed by atoms with E-state index in [1.807, 2.05) is 24.3 Å². The highest BCUT2D eigenvalue weighted by Crippen LogP contribution is 2.22. The van der Waals surface area contributed by atoms with Gasteiger partial charge in [0.15, 0.2) is 0 Å². The van der Waals surface area contributed by atoms with Gasteiger partial charge in [-0.05, 0) is 46.9 Å². The maximum atomic E-state index is 12.1. The molecule has 0 fully saturated rings. The second-order valence-corrected chi connectivity index (χ2v) is 5.66. The minimum atomic E-state index is -0.378. The maximum absolute atomic E-state index is 12.1. The highest BCUT2D eigenvalue weighted by atomic mass is 127. The molecule has 0 aliphatic carbocycles. The van der Waals surface area contributed by atoms with Crippen molar-refractivity contribution in [3.63, 3.8) is 0 Å². The molecule has 0 saturated carbocycles. The van der Waals surface area contributed by atoms with Crippen LogP contribution in [0.25, 0.3) is 0 Å². The Bertz CT molecular complexity index is 689. The van der Waals surface area contributed by atoms with E-state index in [1.54, 1.807) is 18.3 Å². The number of hydrogen-bond acceptors (Lipinski definition) is 3. The third-order valence-electron chi connectivity index (χ3n) is 2.68. The van der Waals surface area contributed by atoms with E-state index in [0.29, 0.717) is 16.3 Å². The van der Waals surface area contributed by atoms with Crippen LogP contribution in [0, 0.1) is 3.57 Å². The largest absolute Gasteiger partial charge is 0.496 e. The molecule has 21 heavy (non-hydrogen) atoms. The summed E-state index contributed by atoms with van der Waals surface area (Å²) in [5, 5.41) is 4.42. The number of halogens is 2. The normalized spacial score (nSPS) is 10.6. The van der Waals surface area contributed by atoms with Crippen LogP contribution in [0.2, 0.25) is 5.02 Å². The Hall–Kier alpha value is -1.60. The molecule has 0 spiro atoms. The number of nitrogens with one attached hydrogen (secondary N) is 1. The lowest BCUT2D eigenvalue weighted by atomic mass is 10.2. The molecule has 0 radical (unpaired) electrons. The first-order chi connectivity index (χ1) is 10.1. The molecule has 2 aromatic carbocycles. The van der Waals surface area contributed by atoms with Gasteiger partial charge in [-0.2, -0.15) is 5.10 Å². The first-order valence-electron chi connectivity index (χ1n) is 6.03. The van der Waals surface area contributed by atoms with Crippen molar-refractivity contribution in [1.82, 2.24) is 5.43 Å². The smallest absolute Gasteiger partial charge is 0.275 e. The highest BCUT2D eigenvalue weighted by molar-refractivity contribution is 14.1. The van der Waals surface area contributed by atoms with E-state index in [1.165, 1.54) is 13.2 Å². The summed E-state index contributed by atoms with van der Waals surface area (Å²) >= 11 is 8.10. The number of rotatable bonds is 4. The van der Waals surface area contributed by atoms with Crippen molar-refractivity contribution < 1.29 is 9.53 Å². The summed E-state index contributed by atoms with van der Waals surface area (Å²) in [6.07, 6.45) is 1.59. The topological polar surface area (TPSA) is 50.7 Å². The van der Waals surface area contributed by atoms with E-state index in [9.17, 15) is 4.79 Å². The Morgan fingerprint density at radius 3 is 2.81 bits per heavy atom. The molecule has 0 aliphatic heterocycles. The fourth-order valence-electron chi connectivity index (χ4n) is 1.66. The molecule has 108 valence electrons. The molecule has 1 N–H and O–H groups in total. The summed E-state index contributed by atoms with van der Waals surface area (Å²) in [7, 11) is 1.50. The summed E-state index contributed by atoms with van der Waals surface area (Å²) < 4.78 is 6.18. The van der Waals surface area contributed by atoms with Crippen LogP contribution in [0.15, 0.2) is 47.6 Å². The Balaban J connectivity index is 2.12. The van der Waals surface area contributed by atoms with Crippen LogP contribution in [-0.2, 0) is 0 Å². The van der Waals surface area contributed by atoms with Gasteiger partial charge in [0.1, 0.15) is 5.75 Å². The first kappa shape index (κ1) is 15.8. The molecule has 0 unspecified atom stereocenters. The van der Waals surface area contributed by atoms with Gasteiger partial charge in [-0.15, -0.1) is 0 Å². The number of carbonyl (C=O) groups excluding carboxylic acids is 1. The van der Waals surface area contributed by atoms with Crippen LogP contribution in [-0.4, -0.2) is 19.2 Å². The molecular formula is C15H12ClIN2O2. The molecule has 4 nitrogen and oxygen atoms in total. The van der Waals surface area contributed by atoms with Crippen molar-refractivity contribution in [1.29, 1.82) is 0 Å². The van der Waals surface area contributed by atoms with Crippen molar-refractivity contribution in [3.8, 4) is 5.75 Å². The standard InChI is InChI=1S/C15H12ClIN2O2/c1-21-14-7-6-11(16)8-12(14)15(20)19-18-9-10-4-2-3-5-13(10)17/h2-9H,1H3,(H,19,20). The summed E-state index contributed by atoms with van der Waals surface area (Å²) in [6, 6.07) is 12.6. The average Bonchev–Trinajstić information content (AvgIpc) is 2.49. The second kappa shape index (κ2) is 7.42. The number of benzene rings is 2. The van der Waals surface area contributed by atoms with Crippen LogP contribution >= 0.6 is 34.2 Å². The lowest BCUT2D eigenvalue weighted by Crippen LogP contribution is -2.18. The van der Waals surface area contributed by atoms with Gasteiger partial charge in [-0.3, -0.25) is 4.79 Å². The predicted molar refractivity (Wildman–Crippen MR) is 92.2 cm³/mol. The van der Waals surface area contributed by atoms with Gasteiger partial charge in [0.2, 0.25) is 0 Å². The van der Waals surface area contributed by atoms with Gasteiger partial charge in [-0.25, -0.2) is 5.43 Å². The molecule has 0 bridgehead atoms. The molecule has 6 heteroatoms. The molecule has 2 rings (SSSR count). The van der Waals surface area contributed by atoms with Gasteiger partial charge in [0.25, 0.3) is 5.91 Å². The lowest BCUT2D eigenvalue weighted by Gasteiger charge is -2.07. The summed E-state index contributed by atoms with van der Waals surface area (Å²) in [4.78, 5) is 12.1. The molecule has 0 heterocycles. The Labute approximate surface area is 141 Å². The van der Waals surface area contributed by atoms with Crippen LogP contribution in [0.4, 0.5) is 0 Å². The van der Waals surface area contributed by atoms with Gasteiger partial charge in [0, 0.05) is 14.2 Å². The van der Waals surface area contributed by atoms with Crippen LogP contribution < -0.4 is 10.2 Å². The zero-order valence-corrected chi connectivity index (χ0v) is 14.1. The maximum Gasteiger partial charge on any atom is 0.275 e. The lowest BCUT2D eigenvalue weighted by molar-refractivity contribution is 0.0952. The molecular weight excluding hydrogens is 403 g/mol. The quantitative estimate of drug-likeness (QED) is 0.471. The van der Waals surface area contributed by atoms with Crippen molar-refractivity contribution in [3.05, 3.63) is 62.2 Å². The third-order valence-corrected chi connectivity index (χ3v) is 3.90. The van der Waals surface area contributed by atoms with E-state index in [4.69, 9.17) is 16.3 Å². The Morgan fingerprint density at radius 2 is 2.10 bits per heavy atom. The number of amides is 1. The Morgan fingerprint density at radius 1 is 1.33 bits per heavy atom. The molecule has 2 aromatic rings. The Kier molecular flexibility index (Phi) is 5.58. The summed E-state index contributed by atoms with van der Waals surface area (Å²) in [5.41, 5.74) is 3.73. The number of carbonyl (C=O) groups is 1. The minimum Gasteiger partial charge on any atom is -0.496 e. The molecule has 1 amide bonds. The highest BCUT2D eigenvalue weighted by Gasteiger charge is 2.12. The van der Waals surface area contributed by atoms with Gasteiger partial charge < -0.3 is 4.74 Å². The van der Waals surface area contributed by atoms with E-state index >= 15 is 0 Å². The number of hydrogen-bond donors (Lipinski definition) is 1. The SMILES string of the molecule is COc1ccc(Cl)cc1C(=O)NN=Cc1ccccc1I. The first-order valence-corrected chi connectivity index (χ1v) is 7.49. The van der Waals surface area contributed by atoms with Crippen LogP contribution in [0.5, 0.6) is 5.75 Å². The van der Waals surface area contributed by atoms with Gasteiger partial charge in [0.05, 0.1) is 18.9 Å². The molecule has 0 aromatic heterocycles. The van der Waals surface area contributed by atoms with Crippen molar-refractivity contribution in [2.75, 3.05) is 7.11 Å². The van der Waals surface area contributed by atoms with Gasteiger partial charge >= 0.3 is 0 Å². The van der Waals surface area contributed by atoms with E-state index in [-0.39, 0.29) is 5.91 Å². The number of hydrazone groups is 1. The number of nitrogens with zero attached hydrogens (tertiary/aromatic N) is 1. The van der Waals surface area contributed by atoms with Gasteiger partial charge in [-0.1, -0.05) is 29.8 Å². The van der Waals surface area contributed by atoms with Crippen molar-refractivity contribution in [2.24, 2.45) is 5.10 Å². The minimum absolute atomic E-state index is 0.338. The average molecular weight is 415 g/mol.